The van der Waals surface area contributed by atoms with Crippen LogP contribution in [-0.2, 0) is 6.54 Å². The molecule has 0 aliphatic carbocycles. The minimum absolute atomic E-state index is 0.407. The van der Waals surface area contributed by atoms with Crippen molar-refractivity contribution in [2.45, 2.75) is 6.54 Å². The lowest BCUT2D eigenvalue weighted by molar-refractivity contribution is 0.407. The Hall–Kier alpha value is -1.50. The van der Waals surface area contributed by atoms with Crippen molar-refractivity contribution in [3.8, 4) is 5.75 Å². The van der Waals surface area contributed by atoms with E-state index in [-0.39, 0.29) is 0 Å². The zero-order valence-corrected chi connectivity index (χ0v) is 10.5. The molecule has 1 aromatic heterocycles. The SMILES string of the molecule is COc1ccc(B(O)O)cc1Cn1cc(Cl)cn1. The van der Waals surface area contributed by atoms with E-state index in [1.807, 2.05) is 0 Å². The Kier molecular flexibility index (Phi) is 3.91. The molecule has 2 rings (SSSR count). The molecule has 0 aliphatic heterocycles. The zero-order chi connectivity index (χ0) is 13.1. The van der Waals surface area contributed by atoms with Gasteiger partial charge in [0, 0.05) is 11.8 Å². The number of hydrogen-bond donors (Lipinski definition) is 2. The molecule has 0 fully saturated rings. The van der Waals surface area contributed by atoms with Gasteiger partial charge in [0.2, 0.25) is 0 Å². The molecule has 94 valence electrons. The molecule has 0 atom stereocenters. The van der Waals surface area contributed by atoms with Gasteiger partial charge >= 0.3 is 7.12 Å². The van der Waals surface area contributed by atoms with Crippen LogP contribution in [0.1, 0.15) is 5.56 Å². The average molecular weight is 266 g/mol. The van der Waals surface area contributed by atoms with Crippen molar-refractivity contribution in [3.63, 3.8) is 0 Å². The molecule has 5 nitrogen and oxygen atoms in total. The van der Waals surface area contributed by atoms with Crippen molar-refractivity contribution in [2.24, 2.45) is 0 Å². The van der Waals surface area contributed by atoms with Gasteiger partial charge < -0.3 is 14.8 Å². The lowest BCUT2D eigenvalue weighted by Gasteiger charge is -2.10. The van der Waals surface area contributed by atoms with Gasteiger partial charge in [-0.2, -0.15) is 5.10 Å². The predicted octanol–water partition coefficient (Wildman–Crippen LogP) is 0.273. The second-order valence-electron chi connectivity index (χ2n) is 3.80. The topological polar surface area (TPSA) is 67.5 Å². The first-order valence-electron chi connectivity index (χ1n) is 5.31. The molecule has 0 saturated heterocycles. The van der Waals surface area contributed by atoms with E-state index in [2.05, 4.69) is 5.10 Å². The fraction of sp³-hybridized carbons (Fsp3) is 0.182. The largest absolute Gasteiger partial charge is 0.496 e. The van der Waals surface area contributed by atoms with Crippen LogP contribution in [0.3, 0.4) is 0 Å². The van der Waals surface area contributed by atoms with Gasteiger partial charge in [-0.25, -0.2) is 0 Å². The molecule has 0 unspecified atom stereocenters. The molecule has 0 spiro atoms. The Balaban J connectivity index is 2.32. The molecule has 2 N–H and O–H groups in total. The van der Waals surface area contributed by atoms with Crippen LogP contribution < -0.4 is 10.2 Å². The van der Waals surface area contributed by atoms with Crippen molar-refractivity contribution < 1.29 is 14.8 Å². The van der Waals surface area contributed by atoms with Gasteiger partial charge in [-0.3, -0.25) is 4.68 Å². The highest BCUT2D eigenvalue weighted by Gasteiger charge is 2.14. The fourth-order valence-corrected chi connectivity index (χ4v) is 1.84. The standard InChI is InChI=1S/C11H12BClN2O3/c1-18-11-3-2-9(12(16)17)4-8(11)6-15-7-10(13)5-14-15/h2-5,7,16-17H,6H2,1H3. The Morgan fingerprint density at radius 2 is 2.22 bits per heavy atom. The van der Waals surface area contributed by atoms with Crippen LogP contribution in [0.25, 0.3) is 0 Å². The van der Waals surface area contributed by atoms with Crippen LogP contribution in [0.15, 0.2) is 30.6 Å². The monoisotopic (exact) mass is 266 g/mol. The third kappa shape index (κ3) is 2.84. The third-order valence-corrected chi connectivity index (χ3v) is 2.73. The molecule has 0 saturated carbocycles. The summed E-state index contributed by atoms with van der Waals surface area (Å²) < 4.78 is 6.87. The first-order chi connectivity index (χ1) is 8.60. The summed E-state index contributed by atoms with van der Waals surface area (Å²) in [6, 6.07) is 4.96. The summed E-state index contributed by atoms with van der Waals surface area (Å²) in [5.41, 5.74) is 1.20. The Bertz CT molecular complexity index is 545. The summed E-state index contributed by atoms with van der Waals surface area (Å²) in [5, 5.41) is 22.9. The van der Waals surface area contributed by atoms with E-state index >= 15 is 0 Å². The second-order valence-corrected chi connectivity index (χ2v) is 4.24. The summed E-state index contributed by atoms with van der Waals surface area (Å²) in [4.78, 5) is 0. The van der Waals surface area contributed by atoms with Crippen LogP contribution in [0.2, 0.25) is 5.02 Å². The van der Waals surface area contributed by atoms with E-state index in [0.717, 1.165) is 5.56 Å². The number of rotatable bonds is 4. The van der Waals surface area contributed by atoms with Crippen molar-refractivity contribution in [2.75, 3.05) is 7.11 Å². The van der Waals surface area contributed by atoms with Gasteiger partial charge in [-0.05, 0) is 11.5 Å². The Labute approximate surface area is 110 Å². The number of nitrogens with zero attached hydrogens (tertiary/aromatic N) is 2. The molecule has 0 bridgehead atoms. The van der Waals surface area contributed by atoms with Crippen LogP contribution in [0.4, 0.5) is 0 Å². The molecule has 0 radical (unpaired) electrons. The summed E-state index contributed by atoms with van der Waals surface area (Å²) in [5.74, 6) is 0.658. The maximum atomic E-state index is 9.15. The normalized spacial score (nSPS) is 10.4. The van der Waals surface area contributed by atoms with Crippen LogP contribution >= 0.6 is 11.6 Å². The average Bonchev–Trinajstić information content (AvgIpc) is 2.74. The number of benzene rings is 1. The highest BCUT2D eigenvalue weighted by Crippen LogP contribution is 2.18. The molecule has 0 aliphatic rings. The van der Waals surface area contributed by atoms with Crippen LogP contribution in [0.5, 0.6) is 5.75 Å². The Morgan fingerprint density at radius 1 is 1.44 bits per heavy atom. The maximum Gasteiger partial charge on any atom is 0.488 e. The number of ether oxygens (including phenoxy) is 1. The molecule has 0 amide bonds. The first kappa shape index (κ1) is 12.9. The fourth-order valence-electron chi connectivity index (χ4n) is 1.68. The molecule has 2 aromatic rings. The zero-order valence-electron chi connectivity index (χ0n) is 9.75. The highest BCUT2D eigenvalue weighted by molar-refractivity contribution is 6.58. The van der Waals surface area contributed by atoms with Gasteiger partial charge in [0.05, 0.1) is 24.9 Å². The van der Waals surface area contributed by atoms with Gasteiger partial charge in [-0.15, -0.1) is 0 Å². The number of aromatic nitrogens is 2. The molecule has 18 heavy (non-hydrogen) atoms. The van der Waals surface area contributed by atoms with Gasteiger partial charge in [0.1, 0.15) is 5.75 Å². The summed E-state index contributed by atoms with van der Waals surface area (Å²) >= 11 is 5.79. The molecular weight excluding hydrogens is 254 g/mol. The maximum absolute atomic E-state index is 9.15. The first-order valence-corrected chi connectivity index (χ1v) is 5.69. The van der Waals surface area contributed by atoms with Crippen molar-refractivity contribution in [1.29, 1.82) is 0 Å². The summed E-state index contributed by atoms with van der Waals surface area (Å²) in [7, 11) is 0.0556. The highest BCUT2D eigenvalue weighted by atomic mass is 35.5. The van der Waals surface area contributed by atoms with Crippen LogP contribution in [-0.4, -0.2) is 34.1 Å². The van der Waals surface area contributed by atoms with E-state index in [1.54, 1.807) is 42.4 Å². The molecule has 7 heteroatoms. The molecule has 1 heterocycles. The predicted molar refractivity (Wildman–Crippen MR) is 69.2 cm³/mol. The third-order valence-electron chi connectivity index (χ3n) is 2.54. The smallest absolute Gasteiger partial charge is 0.488 e. The number of halogens is 1. The van der Waals surface area contributed by atoms with E-state index in [1.165, 1.54) is 0 Å². The Morgan fingerprint density at radius 3 is 2.78 bits per heavy atom. The van der Waals surface area contributed by atoms with Crippen LogP contribution in [0, 0.1) is 0 Å². The second kappa shape index (κ2) is 5.43. The number of hydrogen-bond acceptors (Lipinski definition) is 4. The van der Waals surface area contributed by atoms with Crippen molar-refractivity contribution in [3.05, 3.63) is 41.2 Å². The van der Waals surface area contributed by atoms with Crippen molar-refractivity contribution >= 4 is 24.2 Å². The van der Waals surface area contributed by atoms with E-state index in [4.69, 9.17) is 26.4 Å². The van der Waals surface area contributed by atoms with E-state index < -0.39 is 7.12 Å². The van der Waals surface area contributed by atoms with Gasteiger partial charge in [-0.1, -0.05) is 23.7 Å². The lowest BCUT2D eigenvalue weighted by atomic mass is 9.79. The summed E-state index contributed by atoms with van der Waals surface area (Å²) in [6.07, 6.45) is 3.22. The number of methoxy groups -OCH3 is 1. The lowest BCUT2D eigenvalue weighted by Crippen LogP contribution is -2.30. The van der Waals surface area contributed by atoms with Gasteiger partial charge in [0.15, 0.2) is 0 Å². The minimum Gasteiger partial charge on any atom is -0.496 e. The van der Waals surface area contributed by atoms with E-state index in [0.29, 0.717) is 22.8 Å². The van der Waals surface area contributed by atoms with Gasteiger partial charge in [0.25, 0.3) is 0 Å². The quantitative estimate of drug-likeness (QED) is 0.780. The minimum atomic E-state index is -1.50. The van der Waals surface area contributed by atoms with Crippen molar-refractivity contribution in [1.82, 2.24) is 9.78 Å². The molecular formula is C11H12BClN2O3. The molecule has 1 aromatic carbocycles. The summed E-state index contributed by atoms with van der Waals surface area (Å²) in [6.45, 7) is 0.441. The van der Waals surface area contributed by atoms with E-state index in [9.17, 15) is 0 Å².